The Hall–Kier alpha value is -1.36. The standard InChI is InChI=1S/C12H22N4O/c1-9(2)11(6-10-7-14-8-15-10)16-12(17)4-3-5-13/h7-9,11H,3-6,13H2,1-2H3,(H,14,15)(H,16,17)/t11-/m0/s1. The summed E-state index contributed by atoms with van der Waals surface area (Å²) < 4.78 is 0. The Morgan fingerprint density at radius 1 is 1.59 bits per heavy atom. The summed E-state index contributed by atoms with van der Waals surface area (Å²) in [6.45, 7) is 4.76. The molecule has 4 N–H and O–H groups in total. The molecule has 0 saturated heterocycles. The summed E-state index contributed by atoms with van der Waals surface area (Å²) >= 11 is 0. The van der Waals surface area contributed by atoms with Crippen LogP contribution >= 0.6 is 0 Å². The van der Waals surface area contributed by atoms with Gasteiger partial charge in [0.2, 0.25) is 5.91 Å². The molecule has 0 bridgehead atoms. The SMILES string of the molecule is CC(C)[C@H](Cc1cnc[nH]1)NC(=O)CCCN. The van der Waals surface area contributed by atoms with Gasteiger partial charge >= 0.3 is 0 Å². The van der Waals surface area contributed by atoms with Gasteiger partial charge < -0.3 is 16.0 Å². The lowest BCUT2D eigenvalue weighted by Crippen LogP contribution is -2.40. The molecule has 0 unspecified atom stereocenters. The molecule has 96 valence electrons. The number of rotatable bonds is 7. The average Bonchev–Trinajstić information content (AvgIpc) is 2.78. The largest absolute Gasteiger partial charge is 0.353 e. The van der Waals surface area contributed by atoms with E-state index in [4.69, 9.17) is 5.73 Å². The number of aromatic nitrogens is 2. The van der Waals surface area contributed by atoms with E-state index < -0.39 is 0 Å². The fourth-order valence-electron chi connectivity index (χ4n) is 1.63. The molecule has 1 rings (SSSR count). The maximum absolute atomic E-state index is 11.7. The van der Waals surface area contributed by atoms with E-state index >= 15 is 0 Å². The van der Waals surface area contributed by atoms with Crippen LogP contribution in [0.1, 0.15) is 32.4 Å². The number of carbonyl (C=O) groups excluding carboxylic acids is 1. The molecule has 17 heavy (non-hydrogen) atoms. The molecule has 0 fully saturated rings. The first kappa shape index (κ1) is 13.7. The number of amides is 1. The summed E-state index contributed by atoms with van der Waals surface area (Å²) in [5.41, 5.74) is 6.43. The molecule has 5 heteroatoms. The van der Waals surface area contributed by atoms with E-state index in [2.05, 4.69) is 29.1 Å². The predicted molar refractivity (Wildman–Crippen MR) is 67.3 cm³/mol. The molecule has 0 aliphatic heterocycles. The van der Waals surface area contributed by atoms with Gasteiger partial charge in [0.25, 0.3) is 0 Å². The molecule has 0 aliphatic carbocycles. The van der Waals surface area contributed by atoms with E-state index in [9.17, 15) is 4.79 Å². The van der Waals surface area contributed by atoms with Crippen molar-refractivity contribution < 1.29 is 4.79 Å². The van der Waals surface area contributed by atoms with Crippen LogP contribution in [0.25, 0.3) is 0 Å². The van der Waals surface area contributed by atoms with E-state index in [-0.39, 0.29) is 11.9 Å². The molecule has 0 aromatic carbocycles. The fraction of sp³-hybridized carbons (Fsp3) is 0.667. The Kier molecular flexibility index (Phi) is 5.69. The second-order valence-corrected chi connectivity index (χ2v) is 4.59. The minimum Gasteiger partial charge on any atom is -0.353 e. The van der Waals surface area contributed by atoms with Gasteiger partial charge in [-0.05, 0) is 18.9 Å². The van der Waals surface area contributed by atoms with Crippen LogP contribution in [0.3, 0.4) is 0 Å². The van der Waals surface area contributed by atoms with E-state index in [1.807, 2.05) is 0 Å². The highest BCUT2D eigenvalue weighted by atomic mass is 16.1. The van der Waals surface area contributed by atoms with Crippen molar-refractivity contribution in [2.24, 2.45) is 11.7 Å². The Labute approximate surface area is 102 Å². The zero-order valence-corrected chi connectivity index (χ0v) is 10.6. The van der Waals surface area contributed by atoms with Crippen LogP contribution in [0, 0.1) is 5.92 Å². The van der Waals surface area contributed by atoms with Crippen molar-refractivity contribution in [1.82, 2.24) is 15.3 Å². The Bertz CT molecular complexity index is 321. The Morgan fingerprint density at radius 2 is 2.35 bits per heavy atom. The number of hydrogen-bond donors (Lipinski definition) is 3. The number of H-pyrrole nitrogens is 1. The van der Waals surface area contributed by atoms with Gasteiger partial charge in [0, 0.05) is 30.8 Å². The zero-order valence-electron chi connectivity index (χ0n) is 10.6. The molecule has 0 radical (unpaired) electrons. The van der Waals surface area contributed by atoms with Gasteiger partial charge in [-0.3, -0.25) is 4.79 Å². The van der Waals surface area contributed by atoms with E-state index in [1.165, 1.54) is 0 Å². The third-order valence-electron chi connectivity index (χ3n) is 2.75. The van der Waals surface area contributed by atoms with Gasteiger partial charge in [-0.2, -0.15) is 0 Å². The smallest absolute Gasteiger partial charge is 0.220 e. The number of nitrogens with one attached hydrogen (secondary N) is 2. The van der Waals surface area contributed by atoms with Crippen LogP contribution in [-0.4, -0.2) is 28.5 Å². The predicted octanol–water partition coefficient (Wildman–Crippen LogP) is 0.832. The monoisotopic (exact) mass is 238 g/mol. The number of nitrogens with zero attached hydrogens (tertiary/aromatic N) is 1. The second-order valence-electron chi connectivity index (χ2n) is 4.59. The molecule has 1 atom stereocenters. The second kappa shape index (κ2) is 7.06. The van der Waals surface area contributed by atoms with Crippen molar-refractivity contribution in [2.45, 2.75) is 39.2 Å². The highest BCUT2D eigenvalue weighted by Crippen LogP contribution is 2.08. The molecule has 0 aliphatic rings. The van der Waals surface area contributed by atoms with Crippen LogP contribution in [0.15, 0.2) is 12.5 Å². The lowest BCUT2D eigenvalue weighted by molar-refractivity contribution is -0.122. The number of nitrogens with two attached hydrogens (primary N) is 1. The van der Waals surface area contributed by atoms with Gasteiger partial charge in [0.1, 0.15) is 0 Å². The van der Waals surface area contributed by atoms with Crippen molar-refractivity contribution in [3.05, 3.63) is 18.2 Å². The molecule has 1 amide bonds. The van der Waals surface area contributed by atoms with Gasteiger partial charge in [-0.25, -0.2) is 4.98 Å². The Morgan fingerprint density at radius 3 is 2.88 bits per heavy atom. The molecule has 1 aromatic heterocycles. The van der Waals surface area contributed by atoms with E-state index in [0.717, 1.165) is 18.5 Å². The lowest BCUT2D eigenvalue weighted by Gasteiger charge is -2.21. The van der Waals surface area contributed by atoms with Crippen LogP contribution in [0.4, 0.5) is 0 Å². The molecule has 1 aromatic rings. The zero-order chi connectivity index (χ0) is 12.7. The molecular weight excluding hydrogens is 216 g/mol. The van der Waals surface area contributed by atoms with Crippen LogP contribution in [-0.2, 0) is 11.2 Å². The lowest BCUT2D eigenvalue weighted by atomic mass is 9.99. The van der Waals surface area contributed by atoms with Gasteiger partial charge in [0.05, 0.1) is 6.33 Å². The summed E-state index contributed by atoms with van der Waals surface area (Å²) in [7, 11) is 0. The topological polar surface area (TPSA) is 83.8 Å². The van der Waals surface area contributed by atoms with Gasteiger partial charge in [0.15, 0.2) is 0 Å². The van der Waals surface area contributed by atoms with E-state index in [1.54, 1.807) is 12.5 Å². The van der Waals surface area contributed by atoms with Crippen LogP contribution in [0.2, 0.25) is 0 Å². The highest BCUT2D eigenvalue weighted by Gasteiger charge is 2.16. The maximum atomic E-state index is 11.7. The van der Waals surface area contributed by atoms with Crippen molar-refractivity contribution in [3.8, 4) is 0 Å². The average molecular weight is 238 g/mol. The summed E-state index contributed by atoms with van der Waals surface area (Å²) in [4.78, 5) is 18.7. The minimum atomic E-state index is 0.0775. The summed E-state index contributed by atoms with van der Waals surface area (Å²) in [6.07, 6.45) is 5.47. The summed E-state index contributed by atoms with van der Waals surface area (Å²) in [5.74, 6) is 0.466. The van der Waals surface area contributed by atoms with Gasteiger partial charge in [-0.15, -0.1) is 0 Å². The highest BCUT2D eigenvalue weighted by molar-refractivity contribution is 5.76. The van der Waals surface area contributed by atoms with Crippen molar-refractivity contribution in [3.63, 3.8) is 0 Å². The first-order chi connectivity index (χ1) is 8.13. The molecule has 0 saturated carbocycles. The number of carbonyl (C=O) groups is 1. The maximum Gasteiger partial charge on any atom is 0.220 e. The molecule has 0 spiro atoms. The fourth-order valence-corrected chi connectivity index (χ4v) is 1.63. The van der Waals surface area contributed by atoms with Crippen molar-refractivity contribution >= 4 is 5.91 Å². The number of hydrogen-bond acceptors (Lipinski definition) is 3. The molecular formula is C12H22N4O. The Balaban J connectivity index is 2.46. The summed E-state index contributed by atoms with van der Waals surface area (Å²) in [5, 5.41) is 3.05. The molecule has 1 heterocycles. The summed E-state index contributed by atoms with van der Waals surface area (Å²) in [6, 6.07) is 0.140. The first-order valence-electron chi connectivity index (χ1n) is 6.10. The van der Waals surface area contributed by atoms with Crippen molar-refractivity contribution in [1.29, 1.82) is 0 Å². The van der Waals surface area contributed by atoms with Crippen LogP contribution in [0.5, 0.6) is 0 Å². The first-order valence-corrected chi connectivity index (χ1v) is 6.10. The number of imidazole rings is 1. The minimum absolute atomic E-state index is 0.0775. The molecule has 5 nitrogen and oxygen atoms in total. The third kappa shape index (κ3) is 4.99. The third-order valence-corrected chi connectivity index (χ3v) is 2.75. The van der Waals surface area contributed by atoms with E-state index in [0.29, 0.717) is 18.9 Å². The number of aromatic amines is 1. The van der Waals surface area contributed by atoms with Crippen LogP contribution < -0.4 is 11.1 Å². The quantitative estimate of drug-likeness (QED) is 0.658. The van der Waals surface area contributed by atoms with Gasteiger partial charge in [-0.1, -0.05) is 13.8 Å². The van der Waals surface area contributed by atoms with Crippen molar-refractivity contribution in [2.75, 3.05) is 6.54 Å². The normalized spacial score (nSPS) is 12.7.